The van der Waals surface area contributed by atoms with E-state index >= 15 is 0 Å². The molecule has 1 heterocycles. The van der Waals surface area contributed by atoms with Gasteiger partial charge in [-0.2, -0.15) is 0 Å². The predicted octanol–water partition coefficient (Wildman–Crippen LogP) is 1.71. The first-order chi connectivity index (χ1) is 7.77. The molecule has 96 valence electrons. The van der Waals surface area contributed by atoms with Crippen molar-refractivity contribution >= 4 is 17.2 Å². The zero-order valence-corrected chi connectivity index (χ0v) is 11.9. The van der Waals surface area contributed by atoms with Gasteiger partial charge in [0.2, 0.25) is 5.91 Å². The SMILES string of the molecule is Cc1nc(C(C)(C)NC(=O)C(C)CN)sc1C. The van der Waals surface area contributed by atoms with Crippen LogP contribution in [0.1, 0.15) is 36.3 Å². The van der Waals surface area contributed by atoms with Gasteiger partial charge in [-0.1, -0.05) is 6.92 Å². The third-order valence-corrected chi connectivity index (χ3v) is 4.20. The zero-order chi connectivity index (χ0) is 13.2. The van der Waals surface area contributed by atoms with Crippen LogP contribution in [0, 0.1) is 19.8 Å². The lowest BCUT2D eigenvalue weighted by Gasteiger charge is -2.25. The van der Waals surface area contributed by atoms with Crippen LogP contribution in [0.25, 0.3) is 0 Å². The molecule has 0 aliphatic rings. The van der Waals surface area contributed by atoms with Crippen molar-refractivity contribution in [2.75, 3.05) is 6.54 Å². The van der Waals surface area contributed by atoms with E-state index in [1.54, 1.807) is 11.3 Å². The summed E-state index contributed by atoms with van der Waals surface area (Å²) in [5, 5.41) is 3.93. The van der Waals surface area contributed by atoms with E-state index in [0.29, 0.717) is 6.54 Å². The lowest BCUT2D eigenvalue weighted by Crippen LogP contribution is -2.44. The number of nitrogens with zero attached hydrogens (tertiary/aromatic N) is 1. The summed E-state index contributed by atoms with van der Waals surface area (Å²) in [6, 6.07) is 0. The van der Waals surface area contributed by atoms with Gasteiger partial charge in [0.1, 0.15) is 5.01 Å². The van der Waals surface area contributed by atoms with E-state index in [1.165, 1.54) is 4.88 Å². The number of rotatable bonds is 4. The second-order valence-corrected chi connectivity index (χ2v) is 6.11. The molecule has 1 unspecified atom stereocenters. The molecule has 1 amide bonds. The predicted molar refractivity (Wildman–Crippen MR) is 71.0 cm³/mol. The van der Waals surface area contributed by atoms with Crippen LogP contribution in [0.3, 0.4) is 0 Å². The maximum atomic E-state index is 11.8. The molecule has 5 heteroatoms. The van der Waals surface area contributed by atoms with Gasteiger partial charge >= 0.3 is 0 Å². The van der Waals surface area contributed by atoms with Gasteiger partial charge in [-0.3, -0.25) is 4.79 Å². The summed E-state index contributed by atoms with van der Waals surface area (Å²) in [5.74, 6) is -0.195. The van der Waals surface area contributed by atoms with Gasteiger partial charge in [0.15, 0.2) is 0 Å². The first kappa shape index (κ1) is 14.1. The molecule has 4 nitrogen and oxygen atoms in total. The fourth-order valence-corrected chi connectivity index (χ4v) is 2.30. The van der Waals surface area contributed by atoms with E-state index in [2.05, 4.69) is 10.3 Å². The van der Waals surface area contributed by atoms with Crippen LogP contribution in [-0.4, -0.2) is 17.4 Å². The number of carbonyl (C=O) groups is 1. The third kappa shape index (κ3) is 3.26. The van der Waals surface area contributed by atoms with E-state index in [4.69, 9.17) is 5.73 Å². The standard InChI is InChI=1S/C12H21N3OS/c1-7(6-13)10(16)15-12(4,5)11-14-8(2)9(3)17-11/h7H,6,13H2,1-5H3,(H,15,16). The number of aryl methyl sites for hydroxylation is 2. The van der Waals surface area contributed by atoms with Crippen LogP contribution < -0.4 is 11.1 Å². The quantitative estimate of drug-likeness (QED) is 0.860. The van der Waals surface area contributed by atoms with Crippen molar-refractivity contribution in [3.05, 3.63) is 15.6 Å². The highest BCUT2D eigenvalue weighted by Crippen LogP contribution is 2.27. The number of carbonyl (C=O) groups excluding carboxylic acids is 1. The summed E-state index contributed by atoms with van der Waals surface area (Å²) in [6.45, 7) is 10.1. The Balaban J connectivity index is 2.84. The zero-order valence-electron chi connectivity index (χ0n) is 11.1. The molecule has 0 saturated carbocycles. The van der Waals surface area contributed by atoms with Gasteiger partial charge < -0.3 is 11.1 Å². The van der Waals surface area contributed by atoms with E-state index in [-0.39, 0.29) is 11.8 Å². The number of aromatic nitrogens is 1. The fraction of sp³-hybridized carbons (Fsp3) is 0.667. The van der Waals surface area contributed by atoms with Crippen LogP contribution in [0.5, 0.6) is 0 Å². The summed E-state index contributed by atoms with van der Waals surface area (Å²) in [4.78, 5) is 17.5. The average Bonchev–Trinajstić information content (AvgIpc) is 2.58. The lowest BCUT2D eigenvalue weighted by molar-refractivity contribution is -0.125. The Labute approximate surface area is 107 Å². The van der Waals surface area contributed by atoms with Crippen LogP contribution in [0.2, 0.25) is 0 Å². The molecule has 0 saturated heterocycles. The lowest BCUT2D eigenvalue weighted by atomic mass is 10.0. The minimum atomic E-state index is -0.440. The Bertz CT molecular complexity index is 392. The van der Waals surface area contributed by atoms with Crippen molar-refractivity contribution in [3.8, 4) is 0 Å². The molecule has 0 aromatic carbocycles. The van der Waals surface area contributed by atoms with Gasteiger partial charge in [0.05, 0.1) is 11.2 Å². The third-order valence-electron chi connectivity index (χ3n) is 2.80. The minimum absolute atomic E-state index is 0.0250. The van der Waals surface area contributed by atoms with E-state index in [9.17, 15) is 4.79 Å². The molecular formula is C12H21N3OS. The van der Waals surface area contributed by atoms with Crippen LogP contribution in [0.15, 0.2) is 0 Å². The second-order valence-electron chi connectivity index (χ2n) is 4.91. The second kappa shape index (κ2) is 5.14. The van der Waals surface area contributed by atoms with E-state index < -0.39 is 5.54 Å². The van der Waals surface area contributed by atoms with E-state index in [1.807, 2.05) is 34.6 Å². The summed E-state index contributed by atoms with van der Waals surface area (Å²) in [6.07, 6.45) is 0. The van der Waals surface area contributed by atoms with Crippen molar-refractivity contribution in [2.24, 2.45) is 11.7 Å². The highest BCUT2D eigenvalue weighted by atomic mass is 32.1. The van der Waals surface area contributed by atoms with Crippen LogP contribution in [0.4, 0.5) is 0 Å². The van der Waals surface area contributed by atoms with Crippen LogP contribution in [-0.2, 0) is 10.3 Å². The van der Waals surface area contributed by atoms with Gasteiger partial charge in [-0.25, -0.2) is 4.98 Å². The Morgan fingerprint density at radius 1 is 1.53 bits per heavy atom. The van der Waals surface area contributed by atoms with Crippen molar-refractivity contribution < 1.29 is 4.79 Å². The molecule has 17 heavy (non-hydrogen) atoms. The summed E-state index contributed by atoms with van der Waals surface area (Å²) in [7, 11) is 0. The van der Waals surface area contributed by atoms with E-state index in [0.717, 1.165) is 10.7 Å². The average molecular weight is 255 g/mol. The molecule has 0 radical (unpaired) electrons. The fourth-order valence-electron chi connectivity index (χ4n) is 1.33. The molecule has 0 aliphatic carbocycles. The number of hydrogen-bond donors (Lipinski definition) is 2. The first-order valence-corrected chi connectivity index (χ1v) is 6.56. The molecule has 3 N–H and O–H groups in total. The monoisotopic (exact) mass is 255 g/mol. The van der Waals surface area contributed by atoms with Gasteiger partial charge in [-0.05, 0) is 27.7 Å². The Hall–Kier alpha value is -0.940. The maximum absolute atomic E-state index is 11.8. The Kier molecular flexibility index (Phi) is 4.27. The van der Waals surface area contributed by atoms with Gasteiger partial charge in [0, 0.05) is 17.3 Å². The number of hydrogen-bond acceptors (Lipinski definition) is 4. The van der Waals surface area contributed by atoms with Crippen molar-refractivity contribution in [2.45, 2.75) is 40.2 Å². The summed E-state index contributed by atoms with van der Waals surface area (Å²) in [5.41, 5.74) is 6.07. The molecule has 1 aromatic rings. The van der Waals surface area contributed by atoms with Gasteiger partial charge in [-0.15, -0.1) is 11.3 Å². The van der Waals surface area contributed by atoms with Gasteiger partial charge in [0.25, 0.3) is 0 Å². The maximum Gasteiger partial charge on any atom is 0.224 e. The number of nitrogens with one attached hydrogen (secondary N) is 1. The molecule has 1 atom stereocenters. The Morgan fingerprint density at radius 3 is 2.53 bits per heavy atom. The number of nitrogens with two attached hydrogens (primary N) is 1. The molecular weight excluding hydrogens is 234 g/mol. The Morgan fingerprint density at radius 2 is 2.12 bits per heavy atom. The normalized spacial score (nSPS) is 13.5. The molecule has 1 aromatic heterocycles. The van der Waals surface area contributed by atoms with Crippen molar-refractivity contribution in [1.29, 1.82) is 0 Å². The number of amides is 1. The van der Waals surface area contributed by atoms with Crippen molar-refractivity contribution in [1.82, 2.24) is 10.3 Å². The molecule has 0 aliphatic heterocycles. The minimum Gasteiger partial charge on any atom is -0.344 e. The smallest absolute Gasteiger partial charge is 0.224 e. The highest BCUT2D eigenvalue weighted by Gasteiger charge is 2.28. The first-order valence-electron chi connectivity index (χ1n) is 5.74. The molecule has 0 bridgehead atoms. The molecule has 1 rings (SSSR count). The number of thiazole rings is 1. The molecule has 0 spiro atoms. The van der Waals surface area contributed by atoms with Crippen LogP contribution >= 0.6 is 11.3 Å². The summed E-state index contributed by atoms with van der Waals surface area (Å²) < 4.78 is 0. The topological polar surface area (TPSA) is 68.0 Å². The van der Waals surface area contributed by atoms with Crippen molar-refractivity contribution in [3.63, 3.8) is 0 Å². The largest absolute Gasteiger partial charge is 0.344 e. The summed E-state index contributed by atoms with van der Waals surface area (Å²) >= 11 is 1.63. The highest BCUT2D eigenvalue weighted by molar-refractivity contribution is 7.11. The molecule has 0 fully saturated rings.